The molecule has 0 saturated heterocycles. The minimum atomic E-state index is -0.957. The van der Waals surface area contributed by atoms with Crippen LogP contribution < -0.4 is 0 Å². The van der Waals surface area contributed by atoms with Crippen LogP contribution in [0.25, 0.3) is 16.8 Å². The lowest BCUT2D eigenvalue weighted by atomic mass is 10.1. The Bertz CT molecular complexity index is 794. The molecule has 0 aliphatic heterocycles. The molecule has 3 rings (SSSR count). The first kappa shape index (κ1) is 13.4. The molecule has 5 heteroatoms. The summed E-state index contributed by atoms with van der Waals surface area (Å²) in [5.41, 5.74) is 2.87. The Morgan fingerprint density at radius 3 is 2.57 bits per heavy atom. The van der Waals surface area contributed by atoms with Gasteiger partial charge >= 0.3 is 5.97 Å². The Kier molecular flexibility index (Phi) is 3.46. The predicted octanol–water partition coefficient (Wildman–Crippen LogP) is 3.89. The molecule has 2 aromatic carbocycles. The maximum atomic E-state index is 11.0. The summed E-state index contributed by atoms with van der Waals surface area (Å²) in [6, 6.07) is 14.1. The van der Waals surface area contributed by atoms with Gasteiger partial charge in [-0.25, -0.2) is 9.48 Å². The largest absolute Gasteiger partial charge is 0.478 e. The zero-order chi connectivity index (χ0) is 14.8. The van der Waals surface area contributed by atoms with Crippen LogP contribution in [0.4, 0.5) is 0 Å². The van der Waals surface area contributed by atoms with Crippen molar-refractivity contribution in [1.29, 1.82) is 0 Å². The Morgan fingerprint density at radius 1 is 1.10 bits per heavy atom. The van der Waals surface area contributed by atoms with Crippen LogP contribution in [0, 0.1) is 0 Å². The molecule has 1 N–H and O–H groups in total. The van der Waals surface area contributed by atoms with E-state index < -0.39 is 5.97 Å². The van der Waals surface area contributed by atoms with E-state index in [1.54, 1.807) is 29.1 Å². The summed E-state index contributed by atoms with van der Waals surface area (Å²) in [5, 5.41) is 14.0. The summed E-state index contributed by atoms with van der Waals surface area (Å²) in [6.45, 7) is 0. The van der Waals surface area contributed by atoms with E-state index in [0.717, 1.165) is 11.1 Å². The number of hydrogen-bond acceptors (Lipinski definition) is 2. The Morgan fingerprint density at radius 2 is 1.86 bits per heavy atom. The molecule has 104 valence electrons. The molecule has 0 fully saturated rings. The van der Waals surface area contributed by atoms with Gasteiger partial charge in [-0.2, -0.15) is 5.10 Å². The van der Waals surface area contributed by atoms with E-state index in [1.807, 2.05) is 36.5 Å². The second-order valence-electron chi connectivity index (χ2n) is 4.54. The van der Waals surface area contributed by atoms with Crippen LogP contribution in [0.5, 0.6) is 0 Å². The molecule has 21 heavy (non-hydrogen) atoms. The van der Waals surface area contributed by atoms with Gasteiger partial charge in [0, 0.05) is 16.8 Å². The van der Waals surface area contributed by atoms with E-state index in [9.17, 15) is 4.79 Å². The molecular weight excluding hydrogens is 288 g/mol. The molecule has 3 aromatic rings. The van der Waals surface area contributed by atoms with E-state index in [4.69, 9.17) is 16.7 Å². The van der Waals surface area contributed by atoms with Gasteiger partial charge in [-0.15, -0.1) is 0 Å². The van der Waals surface area contributed by atoms with Crippen LogP contribution >= 0.6 is 11.6 Å². The number of rotatable bonds is 3. The quantitative estimate of drug-likeness (QED) is 0.798. The van der Waals surface area contributed by atoms with Gasteiger partial charge in [0.1, 0.15) is 0 Å². The van der Waals surface area contributed by atoms with Crippen molar-refractivity contribution in [3.05, 3.63) is 71.5 Å². The van der Waals surface area contributed by atoms with Crippen LogP contribution in [-0.4, -0.2) is 20.9 Å². The number of aromatic carboxylic acids is 1. The van der Waals surface area contributed by atoms with Crippen LogP contribution in [0.15, 0.2) is 60.9 Å². The second kappa shape index (κ2) is 5.42. The molecular formula is C16H11ClN2O2. The smallest absolute Gasteiger partial charge is 0.335 e. The molecule has 0 spiro atoms. The molecule has 1 heterocycles. The molecule has 0 unspecified atom stereocenters. The van der Waals surface area contributed by atoms with Crippen molar-refractivity contribution in [1.82, 2.24) is 9.78 Å². The molecule has 0 aliphatic carbocycles. The number of carboxylic acid groups (broad SMARTS) is 1. The van der Waals surface area contributed by atoms with Crippen LogP contribution in [0.2, 0.25) is 5.02 Å². The van der Waals surface area contributed by atoms with Crippen molar-refractivity contribution in [2.45, 2.75) is 0 Å². The maximum Gasteiger partial charge on any atom is 0.335 e. The van der Waals surface area contributed by atoms with Gasteiger partial charge in [-0.1, -0.05) is 29.8 Å². The van der Waals surface area contributed by atoms with Crippen molar-refractivity contribution in [2.75, 3.05) is 0 Å². The van der Waals surface area contributed by atoms with E-state index in [0.29, 0.717) is 10.7 Å². The van der Waals surface area contributed by atoms with E-state index in [-0.39, 0.29) is 5.56 Å². The first-order valence-electron chi connectivity index (χ1n) is 6.28. The standard InChI is InChI=1S/C16H11ClN2O2/c17-14-6-4-11(5-7-14)13-9-18-19(10-13)15-3-1-2-12(8-15)16(20)21/h1-10H,(H,20,21). The minimum Gasteiger partial charge on any atom is -0.478 e. The number of aromatic nitrogens is 2. The fourth-order valence-electron chi connectivity index (χ4n) is 2.04. The number of benzene rings is 2. The predicted molar refractivity (Wildman–Crippen MR) is 81.0 cm³/mol. The average Bonchev–Trinajstić information content (AvgIpc) is 2.98. The third-order valence-electron chi connectivity index (χ3n) is 3.12. The highest BCUT2D eigenvalue weighted by Crippen LogP contribution is 2.22. The fourth-order valence-corrected chi connectivity index (χ4v) is 2.16. The van der Waals surface area contributed by atoms with Gasteiger partial charge in [-0.05, 0) is 35.9 Å². The summed E-state index contributed by atoms with van der Waals surface area (Å²) < 4.78 is 1.65. The lowest BCUT2D eigenvalue weighted by Gasteiger charge is -2.02. The third-order valence-corrected chi connectivity index (χ3v) is 3.37. The van der Waals surface area contributed by atoms with Crippen molar-refractivity contribution < 1.29 is 9.90 Å². The summed E-state index contributed by atoms with van der Waals surface area (Å²) >= 11 is 5.87. The van der Waals surface area contributed by atoms with Crippen LogP contribution in [-0.2, 0) is 0 Å². The molecule has 4 nitrogen and oxygen atoms in total. The van der Waals surface area contributed by atoms with E-state index in [2.05, 4.69) is 5.10 Å². The average molecular weight is 299 g/mol. The second-order valence-corrected chi connectivity index (χ2v) is 4.97. The van der Waals surface area contributed by atoms with Crippen molar-refractivity contribution >= 4 is 17.6 Å². The number of nitrogens with zero attached hydrogens (tertiary/aromatic N) is 2. The molecule has 0 amide bonds. The van der Waals surface area contributed by atoms with Gasteiger partial charge in [0.05, 0.1) is 17.4 Å². The van der Waals surface area contributed by atoms with Gasteiger partial charge in [0.15, 0.2) is 0 Å². The molecule has 0 aliphatic rings. The minimum absolute atomic E-state index is 0.232. The third kappa shape index (κ3) is 2.80. The number of carbonyl (C=O) groups is 1. The van der Waals surface area contributed by atoms with Crippen molar-refractivity contribution in [3.8, 4) is 16.8 Å². The van der Waals surface area contributed by atoms with Gasteiger partial charge in [0.2, 0.25) is 0 Å². The van der Waals surface area contributed by atoms with Gasteiger partial charge < -0.3 is 5.11 Å². The Hall–Kier alpha value is -2.59. The summed E-state index contributed by atoms with van der Waals surface area (Å²) in [5.74, 6) is -0.957. The first-order chi connectivity index (χ1) is 10.1. The van der Waals surface area contributed by atoms with E-state index in [1.165, 1.54) is 0 Å². The maximum absolute atomic E-state index is 11.0. The van der Waals surface area contributed by atoms with Crippen LogP contribution in [0.3, 0.4) is 0 Å². The summed E-state index contributed by atoms with van der Waals surface area (Å²) in [4.78, 5) is 11.0. The molecule has 1 aromatic heterocycles. The number of halogens is 1. The van der Waals surface area contributed by atoms with Crippen molar-refractivity contribution in [3.63, 3.8) is 0 Å². The Labute approximate surface area is 126 Å². The monoisotopic (exact) mass is 298 g/mol. The van der Waals surface area contributed by atoms with Crippen molar-refractivity contribution in [2.24, 2.45) is 0 Å². The van der Waals surface area contributed by atoms with Gasteiger partial charge in [-0.3, -0.25) is 0 Å². The number of carboxylic acids is 1. The summed E-state index contributed by atoms with van der Waals surface area (Å²) in [6.07, 6.45) is 3.58. The highest BCUT2D eigenvalue weighted by atomic mass is 35.5. The molecule has 0 radical (unpaired) electrons. The normalized spacial score (nSPS) is 10.5. The van der Waals surface area contributed by atoms with E-state index >= 15 is 0 Å². The van der Waals surface area contributed by atoms with Crippen LogP contribution in [0.1, 0.15) is 10.4 Å². The zero-order valence-electron chi connectivity index (χ0n) is 10.9. The Balaban J connectivity index is 1.96. The lowest BCUT2D eigenvalue weighted by molar-refractivity contribution is 0.0697. The van der Waals surface area contributed by atoms with Gasteiger partial charge in [0.25, 0.3) is 0 Å². The summed E-state index contributed by atoms with van der Waals surface area (Å²) in [7, 11) is 0. The highest BCUT2D eigenvalue weighted by Gasteiger charge is 2.07. The first-order valence-corrected chi connectivity index (χ1v) is 6.65. The fraction of sp³-hybridized carbons (Fsp3) is 0. The SMILES string of the molecule is O=C(O)c1cccc(-n2cc(-c3ccc(Cl)cc3)cn2)c1. The molecule has 0 saturated carbocycles. The zero-order valence-corrected chi connectivity index (χ0v) is 11.7. The number of hydrogen-bond donors (Lipinski definition) is 1. The molecule has 0 atom stereocenters. The highest BCUT2D eigenvalue weighted by molar-refractivity contribution is 6.30. The lowest BCUT2D eigenvalue weighted by Crippen LogP contribution is -1.99. The topological polar surface area (TPSA) is 55.1 Å². The molecule has 0 bridgehead atoms.